The maximum atomic E-state index is 14.0. The standard InChI is InChI=1S/C30H30F3N3O3/c1-19-8-6-7-9-23(19)24-15-14-22(16-25(24)30(31,32)33)28-34-27(35-39-28)21-12-10-20(11-13-21)17-36(5)18-26(37)38-29(2,3)4/h6-16H,17-18H2,1-5H3. The van der Waals surface area contributed by atoms with Crippen molar-refractivity contribution < 1.29 is 27.2 Å². The van der Waals surface area contributed by atoms with Crippen LogP contribution in [0.5, 0.6) is 0 Å². The largest absolute Gasteiger partial charge is 0.459 e. The number of alkyl halides is 3. The van der Waals surface area contributed by atoms with Crippen LogP contribution in [0, 0.1) is 6.92 Å². The summed E-state index contributed by atoms with van der Waals surface area (Å²) in [6.45, 7) is 7.91. The number of aryl methyl sites for hydroxylation is 1. The summed E-state index contributed by atoms with van der Waals surface area (Å²) < 4.78 is 52.7. The normalized spacial score (nSPS) is 12.1. The van der Waals surface area contributed by atoms with Gasteiger partial charge in [0.2, 0.25) is 5.82 Å². The van der Waals surface area contributed by atoms with E-state index >= 15 is 0 Å². The Bertz CT molecular complexity index is 1450. The monoisotopic (exact) mass is 537 g/mol. The number of halogens is 3. The average Bonchev–Trinajstić information content (AvgIpc) is 3.33. The van der Waals surface area contributed by atoms with Gasteiger partial charge in [-0.3, -0.25) is 9.69 Å². The van der Waals surface area contributed by atoms with Crippen molar-refractivity contribution in [1.82, 2.24) is 15.0 Å². The highest BCUT2D eigenvalue weighted by Gasteiger charge is 2.34. The molecule has 0 saturated heterocycles. The molecule has 0 N–H and O–H groups in total. The number of nitrogens with zero attached hydrogens (tertiary/aromatic N) is 3. The lowest BCUT2D eigenvalue weighted by molar-refractivity contribution is -0.155. The zero-order chi connectivity index (χ0) is 28.4. The maximum absolute atomic E-state index is 14.0. The van der Waals surface area contributed by atoms with Gasteiger partial charge in [0.05, 0.1) is 12.1 Å². The molecule has 204 valence electrons. The van der Waals surface area contributed by atoms with Crippen molar-refractivity contribution in [3.05, 3.63) is 83.4 Å². The molecule has 6 nitrogen and oxygen atoms in total. The van der Waals surface area contributed by atoms with Crippen LogP contribution in [0.15, 0.2) is 71.3 Å². The van der Waals surface area contributed by atoms with E-state index in [1.54, 1.807) is 49.4 Å². The maximum Gasteiger partial charge on any atom is 0.417 e. The summed E-state index contributed by atoms with van der Waals surface area (Å²) >= 11 is 0. The van der Waals surface area contributed by atoms with Crippen LogP contribution in [0.2, 0.25) is 0 Å². The topological polar surface area (TPSA) is 68.5 Å². The van der Waals surface area contributed by atoms with Gasteiger partial charge in [0.25, 0.3) is 5.89 Å². The molecule has 0 amide bonds. The summed E-state index contributed by atoms with van der Waals surface area (Å²) in [6.07, 6.45) is -4.57. The van der Waals surface area contributed by atoms with Crippen LogP contribution in [0.3, 0.4) is 0 Å². The summed E-state index contributed by atoms with van der Waals surface area (Å²) in [6, 6.07) is 18.3. The van der Waals surface area contributed by atoms with Crippen molar-refractivity contribution in [2.45, 2.75) is 46.0 Å². The molecule has 3 aromatic carbocycles. The fraction of sp³-hybridized carbons (Fsp3) is 0.300. The molecular weight excluding hydrogens is 507 g/mol. The van der Waals surface area contributed by atoms with Gasteiger partial charge in [0.1, 0.15) is 5.60 Å². The van der Waals surface area contributed by atoms with Gasteiger partial charge in [0, 0.05) is 17.7 Å². The Balaban J connectivity index is 1.51. The second-order valence-electron chi connectivity index (χ2n) is 10.5. The molecule has 0 saturated carbocycles. The molecule has 9 heteroatoms. The zero-order valence-electron chi connectivity index (χ0n) is 22.5. The Kier molecular flexibility index (Phi) is 7.92. The van der Waals surface area contributed by atoms with Crippen molar-refractivity contribution >= 4 is 5.97 Å². The first-order valence-corrected chi connectivity index (χ1v) is 12.4. The molecule has 4 rings (SSSR count). The van der Waals surface area contributed by atoms with Gasteiger partial charge in [0.15, 0.2) is 0 Å². The van der Waals surface area contributed by atoms with E-state index in [1.165, 1.54) is 6.07 Å². The molecule has 0 atom stereocenters. The Morgan fingerprint density at radius 3 is 2.26 bits per heavy atom. The number of benzene rings is 3. The summed E-state index contributed by atoms with van der Waals surface area (Å²) in [5.41, 5.74) is 1.82. The van der Waals surface area contributed by atoms with E-state index in [0.717, 1.165) is 17.2 Å². The molecule has 0 aliphatic heterocycles. The van der Waals surface area contributed by atoms with Crippen molar-refractivity contribution in [3.8, 4) is 34.0 Å². The van der Waals surface area contributed by atoms with E-state index in [4.69, 9.17) is 9.26 Å². The van der Waals surface area contributed by atoms with Gasteiger partial charge in [-0.25, -0.2) is 0 Å². The Morgan fingerprint density at radius 1 is 0.949 bits per heavy atom. The number of hydrogen-bond donors (Lipinski definition) is 0. The third kappa shape index (κ3) is 7.11. The molecule has 1 heterocycles. The average molecular weight is 538 g/mol. The number of aromatic nitrogens is 2. The Hall–Kier alpha value is -3.98. The third-order valence-corrected chi connectivity index (χ3v) is 5.92. The quantitative estimate of drug-likeness (QED) is 0.233. The van der Waals surface area contributed by atoms with E-state index < -0.39 is 17.3 Å². The van der Waals surface area contributed by atoms with E-state index in [9.17, 15) is 18.0 Å². The number of rotatable bonds is 7. The highest BCUT2D eigenvalue weighted by Crippen LogP contribution is 2.40. The molecule has 0 fully saturated rings. The van der Waals surface area contributed by atoms with Crippen molar-refractivity contribution in [2.24, 2.45) is 0 Å². The van der Waals surface area contributed by atoms with Crippen LogP contribution in [-0.4, -0.2) is 40.2 Å². The van der Waals surface area contributed by atoms with Crippen LogP contribution < -0.4 is 0 Å². The Morgan fingerprint density at radius 2 is 1.62 bits per heavy atom. The first-order chi connectivity index (χ1) is 18.3. The minimum absolute atomic E-state index is 0.00648. The predicted molar refractivity (Wildman–Crippen MR) is 143 cm³/mol. The summed E-state index contributed by atoms with van der Waals surface area (Å²) in [5.74, 6) is -0.0511. The molecule has 0 unspecified atom stereocenters. The zero-order valence-corrected chi connectivity index (χ0v) is 22.5. The van der Waals surface area contributed by atoms with E-state index in [0.29, 0.717) is 17.7 Å². The lowest BCUT2D eigenvalue weighted by Crippen LogP contribution is -2.32. The second-order valence-corrected chi connectivity index (χ2v) is 10.5. The van der Waals surface area contributed by atoms with Crippen molar-refractivity contribution in [1.29, 1.82) is 0 Å². The van der Waals surface area contributed by atoms with Gasteiger partial charge < -0.3 is 9.26 Å². The first-order valence-electron chi connectivity index (χ1n) is 12.4. The number of carbonyl (C=O) groups is 1. The van der Waals surface area contributed by atoms with Crippen LogP contribution in [0.4, 0.5) is 13.2 Å². The fourth-order valence-electron chi connectivity index (χ4n) is 4.20. The van der Waals surface area contributed by atoms with Crippen molar-refractivity contribution in [3.63, 3.8) is 0 Å². The van der Waals surface area contributed by atoms with Gasteiger partial charge in [-0.2, -0.15) is 18.2 Å². The van der Waals surface area contributed by atoms with E-state index in [2.05, 4.69) is 10.1 Å². The number of hydrogen-bond acceptors (Lipinski definition) is 6. The highest BCUT2D eigenvalue weighted by molar-refractivity contribution is 5.75. The molecule has 39 heavy (non-hydrogen) atoms. The first kappa shape index (κ1) is 28.0. The van der Waals surface area contributed by atoms with Gasteiger partial charge in [-0.1, -0.05) is 59.8 Å². The molecular formula is C30H30F3N3O3. The number of ether oxygens (including phenoxy) is 1. The van der Waals surface area contributed by atoms with Crippen LogP contribution in [-0.2, 0) is 22.3 Å². The fourth-order valence-corrected chi connectivity index (χ4v) is 4.20. The Labute approximate surface area is 225 Å². The predicted octanol–water partition coefficient (Wildman–Crippen LogP) is 7.17. The van der Waals surface area contributed by atoms with Crippen LogP contribution in [0.1, 0.15) is 37.5 Å². The van der Waals surface area contributed by atoms with Gasteiger partial charge in [-0.05, 0) is 69.1 Å². The van der Waals surface area contributed by atoms with E-state index in [1.807, 2.05) is 44.9 Å². The minimum Gasteiger partial charge on any atom is -0.459 e. The summed E-state index contributed by atoms with van der Waals surface area (Å²) in [4.78, 5) is 18.2. The number of likely N-dealkylation sites (N-methyl/N-ethyl adjacent to an activating group) is 1. The number of esters is 1. The van der Waals surface area contributed by atoms with Crippen LogP contribution >= 0.6 is 0 Å². The molecule has 0 spiro atoms. The SMILES string of the molecule is Cc1ccccc1-c1ccc(-c2nc(-c3ccc(CN(C)CC(=O)OC(C)(C)C)cc3)no2)cc1C(F)(F)F. The van der Waals surface area contributed by atoms with Gasteiger partial charge in [-0.15, -0.1) is 0 Å². The second kappa shape index (κ2) is 11.0. The lowest BCUT2D eigenvalue weighted by Gasteiger charge is -2.22. The van der Waals surface area contributed by atoms with Crippen LogP contribution in [0.25, 0.3) is 34.0 Å². The molecule has 4 aromatic rings. The molecule has 0 bridgehead atoms. The highest BCUT2D eigenvalue weighted by atomic mass is 19.4. The summed E-state index contributed by atoms with van der Waals surface area (Å²) in [5, 5.41) is 3.97. The number of carbonyl (C=O) groups excluding carboxylic acids is 1. The minimum atomic E-state index is -4.57. The molecule has 0 aliphatic carbocycles. The third-order valence-electron chi connectivity index (χ3n) is 5.92. The van der Waals surface area contributed by atoms with Crippen molar-refractivity contribution in [2.75, 3.05) is 13.6 Å². The smallest absolute Gasteiger partial charge is 0.417 e. The molecule has 1 aromatic heterocycles. The van der Waals surface area contributed by atoms with Gasteiger partial charge >= 0.3 is 12.1 Å². The van der Waals surface area contributed by atoms with E-state index in [-0.39, 0.29) is 35.4 Å². The molecule has 0 radical (unpaired) electrons. The lowest BCUT2D eigenvalue weighted by atomic mass is 9.94. The summed E-state index contributed by atoms with van der Waals surface area (Å²) in [7, 11) is 1.82. The molecule has 0 aliphatic rings.